The highest BCUT2D eigenvalue weighted by atomic mass is 16.5. The molecule has 2 nitrogen and oxygen atoms in total. The Labute approximate surface area is 72.6 Å². The van der Waals surface area contributed by atoms with E-state index in [9.17, 15) is 4.79 Å². The molecular formula is C10H14O2. The molecule has 0 aromatic rings. The Kier molecular flexibility index (Phi) is 1.33. The van der Waals surface area contributed by atoms with Gasteiger partial charge in [0, 0.05) is 0 Å². The first-order valence-electron chi connectivity index (χ1n) is 4.36. The maximum atomic E-state index is 11.3. The van der Waals surface area contributed by atoms with Gasteiger partial charge >= 0.3 is 0 Å². The third-order valence-corrected chi connectivity index (χ3v) is 3.01. The molecule has 12 heavy (non-hydrogen) atoms. The van der Waals surface area contributed by atoms with E-state index in [2.05, 4.69) is 6.08 Å². The van der Waals surface area contributed by atoms with Crippen molar-refractivity contribution in [1.29, 1.82) is 0 Å². The summed E-state index contributed by atoms with van der Waals surface area (Å²) in [5.41, 5.74) is -0.494. The molecule has 0 N–H and O–H groups in total. The van der Waals surface area contributed by atoms with Gasteiger partial charge in [0.15, 0.2) is 0 Å². The Hall–Kier alpha value is -0.630. The standard InChI is InChI=1S/C10H14O2/c1-7(11)8-6-9(2)4-5-10(8,3)12-9/h4-5,8H,6H2,1-3H3/t8-,9-,10+/m1/s1. The molecule has 0 aromatic carbocycles. The van der Waals surface area contributed by atoms with Gasteiger partial charge in [-0.25, -0.2) is 0 Å². The first-order chi connectivity index (χ1) is 5.45. The van der Waals surface area contributed by atoms with Crippen LogP contribution in [-0.4, -0.2) is 17.0 Å². The molecule has 0 aliphatic carbocycles. The van der Waals surface area contributed by atoms with Gasteiger partial charge in [0.1, 0.15) is 5.78 Å². The minimum Gasteiger partial charge on any atom is -0.360 e. The molecule has 3 atom stereocenters. The Morgan fingerprint density at radius 3 is 2.42 bits per heavy atom. The SMILES string of the molecule is CC(=O)[C@H]1C[C@@]2(C)C=C[C@]1(C)O2. The molecule has 0 amide bonds. The van der Waals surface area contributed by atoms with Crippen molar-refractivity contribution in [1.82, 2.24) is 0 Å². The van der Waals surface area contributed by atoms with Crippen molar-refractivity contribution in [2.24, 2.45) is 5.92 Å². The highest BCUT2D eigenvalue weighted by Gasteiger charge is 2.54. The van der Waals surface area contributed by atoms with Crippen molar-refractivity contribution in [2.45, 2.75) is 38.4 Å². The molecule has 0 spiro atoms. The maximum absolute atomic E-state index is 11.3. The normalized spacial score (nSPS) is 50.1. The Morgan fingerprint density at radius 2 is 2.17 bits per heavy atom. The van der Waals surface area contributed by atoms with Gasteiger partial charge in [-0.2, -0.15) is 0 Å². The molecule has 2 rings (SSSR count). The first-order valence-corrected chi connectivity index (χ1v) is 4.36. The minimum absolute atomic E-state index is 0.0625. The van der Waals surface area contributed by atoms with Crippen molar-refractivity contribution in [3.8, 4) is 0 Å². The highest BCUT2D eigenvalue weighted by molar-refractivity contribution is 5.81. The van der Waals surface area contributed by atoms with Crippen molar-refractivity contribution in [3.63, 3.8) is 0 Å². The van der Waals surface area contributed by atoms with Crippen molar-refractivity contribution >= 4 is 5.78 Å². The van der Waals surface area contributed by atoms with Crippen LogP contribution in [0.5, 0.6) is 0 Å². The Bertz CT molecular complexity index is 269. The smallest absolute Gasteiger partial charge is 0.136 e. The Morgan fingerprint density at radius 1 is 1.50 bits per heavy atom. The predicted molar refractivity (Wildman–Crippen MR) is 45.8 cm³/mol. The minimum atomic E-state index is -0.319. The highest BCUT2D eigenvalue weighted by Crippen LogP contribution is 2.49. The van der Waals surface area contributed by atoms with Crippen molar-refractivity contribution < 1.29 is 9.53 Å². The van der Waals surface area contributed by atoms with Crippen LogP contribution in [0.15, 0.2) is 12.2 Å². The fourth-order valence-electron chi connectivity index (χ4n) is 2.36. The number of ether oxygens (including phenoxy) is 1. The average molecular weight is 166 g/mol. The van der Waals surface area contributed by atoms with E-state index in [4.69, 9.17) is 4.74 Å². The van der Waals surface area contributed by atoms with E-state index in [0.717, 1.165) is 6.42 Å². The van der Waals surface area contributed by atoms with Crippen LogP contribution in [0.4, 0.5) is 0 Å². The average Bonchev–Trinajstić information content (AvgIpc) is 2.36. The molecule has 1 fully saturated rings. The third kappa shape index (κ3) is 0.876. The molecule has 0 radical (unpaired) electrons. The number of carbonyl (C=O) groups excluding carboxylic acids is 1. The van der Waals surface area contributed by atoms with Gasteiger partial charge in [0.25, 0.3) is 0 Å². The summed E-state index contributed by atoms with van der Waals surface area (Å²) in [5, 5.41) is 0. The lowest BCUT2D eigenvalue weighted by atomic mass is 9.78. The monoisotopic (exact) mass is 166 g/mol. The molecule has 0 aromatic heterocycles. The molecule has 2 aliphatic heterocycles. The third-order valence-electron chi connectivity index (χ3n) is 3.01. The van der Waals surface area contributed by atoms with E-state index in [1.165, 1.54) is 0 Å². The van der Waals surface area contributed by atoms with E-state index >= 15 is 0 Å². The zero-order valence-corrected chi connectivity index (χ0v) is 7.76. The number of ketones is 1. The van der Waals surface area contributed by atoms with Crippen LogP contribution in [0.3, 0.4) is 0 Å². The lowest BCUT2D eigenvalue weighted by molar-refractivity contribution is -0.124. The molecule has 0 saturated carbocycles. The second kappa shape index (κ2) is 1.99. The van der Waals surface area contributed by atoms with Gasteiger partial charge in [-0.3, -0.25) is 4.79 Å². The van der Waals surface area contributed by atoms with E-state index in [1.54, 1.807) is 6.92 Å². The molecular weight excluding hydrogens is 152 g/mol. The van der Waals surface area contributed by atoms with Gasteiger partial charge in [0.05, 0.1) is 17.1 Å². The summed E-state index contributed by atoms with van der Waals surface area (Å²) >= 11 is 0. The van der Waals surface area contributed by atoms with Gasteiger partial charge < -0.3 is 4.74 Å². The van der Waals surface area contributed by atoms with Crippen molar-refractivity contribution in [2.75, 3.05) is 0 Å². The fourth-order valence-corrected chi connectivity index (χ4v) is 2.36. The topological polar surface area (TPSA) is 26.3 Å². The number of rotatable bonds is 1. The molecule has 66 valence electrons. The zero-order valence-electron chi connectivity index (χ0n) is 7.76. The fraction of sp³-hybridized carbons (Fsp3) is 0.700. The van der Waals surface area contributed by atoms with Crippen LogP contribution >= 0.6 is 0 Å². The maximum Gasteiger partial charge on any atom is 0.136 e. The number of Topliss-reactive ketones (excluding diaryl/α,β-unsaturated/α-hetero) is 1. The quantitative estimate of drug-likeness (QED) is 0.554. The van der Waals surface area contributed by atoms with E-state index in [1.807, 2.05) is 19.9 Å². The van der Waals surface area contributed by atoms with Crippen LogP contribution in [0.25, 0.3) is 0 Å². The summed E-state index contributed by atoms with van der Waals surface area (Å²) in [6.07, 6.45) is 4.95. The lowest BCUT2D eigenvalue weighted by Gasteiger charge is -2.23. The summed E-state index contributed by atoms with van der Waals surface area (Å²) in [6, 6.07) is 0. The van der Waals surface area contributed by atoms with Gasteiger partial charge in [0.2, 0.25) is 0 Å². The molecule has 2 heteroatoms. The van der Waals surface area contributed by atoms with Crippen molar-refractivity contribution in [3.05, 3.63) is 12.2 Å². The summed E-state index contributed by atoms with van der Waals surface area (Å²) < 4.78 is 5.79. The molecule has 2 heterocycles. The van der Waals surface area contributed by atoms with Crippen LogP contribution in [0.2, 0.25) is 0 Å². The largest absolute Gasteiger partial charge is 0.360 e. The van der Waals surface area contributed by atoms with Gasteiger partial charge in [-0.1, -0.05) is 12.2 Å². The number of carbonyl (C=O) groups is 1. The summed E-state index contributed by atoms with van der Waals surface area (Å²) in [7, 11) is 0. The lowest BCUT2D eigenvalue weighted by Crippen LogP contribution is -2.32. The van der Waals surface area contributed by atoms with Gasteiger partial charge in [-0.05, 0) is 27.2 Å². The molecule has 0 unspecified atom stereocenters. The van der Waals surface area contributed by atoms with Crippen LogP contribution in [-0.2, 0) is 9.53 Å². The van der Waals surface area contributed by atoms with Crippen LogP contribution in [0, 0.1) is 5.92 Å². The number of hydrogen-bond acceptors (Lipinski definition) is 2. The van der Waals surface area contributed by atoms with Gasteiger partial charge in [-0.15, -0.1) is 0 Å². The number of hydrogen-bond donors (Lipinski definition) is 0. The second-order valence-electron chi connectivity index (χ2n) is 4.30. The Balaban J connectivity index is 2.35. The van der Waals surface area contributed by atoms with E-state index in [0.29, 0.717) is 0 Å². The second-order valence-corrected chi connectivity index (χ2v) is 4.30. The van der Waals surface area contributed by atoms with E-state index in [-0.39, 0.29) is 22.9 Å². The van der Waals surface area contributed by atoms with Crippen LogP contribution in [0.1, 0.15) is 27.2 Å². The summed E-state index contributed by atoms with van der Waals surface area (Å²) in [6.45, 7) is 5.68. The molecule has 2 aliphatic rings. The molecule has 1 saturated heterocycles. The predicted octanol–water partition coefficient (Wildman–Crippen LogP) is 1.70. The summed E-state index contributed by atoms with van der Waals surface area (Å²) in [5.74, 6) is 0.304. The summed E-state index contributed by atoms with van der Waals surface area (Å²) in [4.78, 5) is 11.3. The van der Waals surface area contributed by atoms with E-state index < -0.39 is 0 Å². The first kappa shape index (κ1) is 7.99. The molecule has 2 bridgehead atoms. The zero-order chi connectivity index (χ0) is 8.98. The van der Waals surface area contributed by atoms with Crippen LogP contribution < -0.4 is 0 Å². The number of fused-ring (bicyclic) bond motifs is 2.